The molecule has 0 fully saturated rings. The zero-order valence-corrected chi connectivity index (χ0v) is 9.83. The van der Waals surface area contributed by atoms with Gasteiger partial charge in [0.2, 0.25) is 0 Å². The summed E-state index contributed by atoms with van der Waals surface area (Å²) in [6.45, 7) is 0. The number of anilines is 1. The van der Waals surface area contributed by atoms with Crippen molar-refractivity contribution in [3.63, 3.8) is 0 Å². The topological polar surface area (TPSA) is 50.9 Å². The van der Waals surface area contributed by atoms with E-state index in [2.05, 4.69) is 10.4 Å². The van der Waals surface area contributed by atoms with Gasteiger partial charge in [0.05, 0.1) is 15.7 Å². The maximum atomic E-state index is 6.05. The van der Waals surface area contributed by atoms with Crippen molar-refractivity contribution in [2.45, 2.75) is 0 Å². The number of nitrogens with two attached hydrogens (primary N) is 1. The number of thiazole rings is 1. The highest BCUT2D eigenvalue weighted by Crippen LogP contribution is 2.35. The quantitative estimate of drug-likeness (QED) is 0.642. The molecule has 0 aliphatic rings. The number of hydrogen-bond acceptors (Lipinski definition) is 4. The maximum Gasteiger partial charge on any atom is 0.197 e. The highest BCUT2D eigenvalue weighted by atomic mass is 35.5. The van der Waals surface area contributed by atoms with Crippen LogP contribution in [0.2, 0.25) is 10.0 Å². The van der Waals surface area contributed by atoms with Crippen LogP contribution in [0.4, 0.5) is 5.13 Å². The largest absolute Gasteiger partial charge is 0.300 e. The van der Waals surface area contributed by atoms with Gasteiger partial charge in [-0.15, -0.1) is 11.3 Å². The summed E-state index contributed by atoms with van der Waals surface area (Å²) in [5, 5.41) is 3.64. The summed E-state index contributed by atoms with van der Waals surface area (Å²) in [5.74, 6) is 5.25. The zero-order valence-electron chi connectivity index (χ0n) is 7.50. The van der Waals surface area contributed by atoms with E-state index in [1.807, 2.05) is 5.38 Å². The van der Waals surface area contributed by atoms with Crippen LogP contribution in [0.15, 0.2) is 23.6 Å². The number of rotatable bonds is 2. The van der Waals surface area contributed by atoms with Gasteiger partial charge in [0.15, 0.2) is 5.13 Å². The lowest BCUT2D eigenvalue weighted by Gasteiger charge is -2.02. The molecule has 0 unspecified atom stereocenters. The van der Waals surface area contributed by atoms with Crippen LogP contribution in [0, 0.1) is 0 Å². The normalized spacial score (nSPS) is 10.3. The van der Waals surface area contributed by atoms with E-state index in [0.717, 1.165) is 11.3 Å². The standard InChI is InChI=1S/C9H7Cl2N3S/c10-5-2-1-3-6(11)8(5)7-4-15-9(13-7)14-12/h1-4H,12H2,(H,13,14). The second-order valence-corrected chi connectivity index (χ2v) is 4.45. The second-order valence-electron chi connectivity index (χ2n) is 2.78. The van der Waals surface area contributed by atoms with E-state index in [0.29, 0.717) is 15.2 Å². The van der Waals surface area contributed by atoms with Crippen molar-refractivity contribution in [1.29, 1.82) is 0 Å². The monoisotopic (exact) mass is 259 g/mol. The molecule has 0 aliphatic heterocycles. The third kappa shape index (κ3) is 2.08. The molecular weight excluding hydrogens is 253 g/mol. The Balaban J connectivity index is 2.53. The van der Waals surface area contributed by atoms with Crippen molar-refractivity contribution in [2.75, 3.05) is 5.43 Å². The Morgan fingerprint density at radius 2 is 1.93 bits per heavy atom. The summed E-state index contributed by atoms with van der Waals surface area (Å²) in [6, 6.07) is 5.35. The highest BCUT2D eigenvalue weighted by molar-refractivity contribution is 7.14. The molecule has 0 saturated carbocycles. The number of nitrogens with one attached hydrogen (secondary N) is 1. The molecule has 1 aromatic carbocycles. The molecule has 0 atom stereocenters. The summed E-state index contributed by atoms with van der Waals surface area (Å²) in [6.07, 6.45) is 0. The van der Waals surface area contributed by atoms with E-state index in [9.17, 15) is 0 Å². The number of aromatic nitrogens is 1. The predicted molar refractivity (Wildman–Crippen MR) is 65.4 cm³/mol. The van der Waals surface area contributed by atoms with E-state index >= 15 is 0 Å². The Hall–Kier alpha value is -0.810. The lowest BCUT2D eigenvalue weighted by Crippen LogP contribution is -2.05. The van der Waals surface area contributed by atoms with Gasteiger partial charge in [-0.05, 0) is 12.1 Å². The summed E-state index contributed by atoms with van der Waals surface area (Å²) < 4.78 is 0. The van der Waals surface area contributed by atoms with Crippen molar-refractivity contribution in [1.82, 2.24) is 4.98 Å². The number of benzene rings is 1. The molecule has 0 bridgehead atoms. The zero-order chi connectivity index (χ0) is 10.8. The minimum absolute atomic E-state index is 0.580. The fourth-order valence-electron chi connectivity index (χ4n) is 1.20. The van der Waals surface area contributed by atoms with E-state index in [1.165, 1.54) is 11.3 Å². The molecule has 6 heteroatoms. The first-order valence-electron chi connectivity index (χ1n) is 4.09. The SMILES string of the molecule is NNc1nc(-c2c(Cl)cccc2Cl)cs1. The van der Waals surface area contributed by atoms with Gasteiger partial charge < -0.3 is 0 Å². The van der Waals surface area contributed by atoms with Crippen molar-refractivity contribution < 1.29 is 0 Å². The van der Waals surface area contributed by atoms with Gasteiger partial charge in [0, 0.05) is 10.9 Å². The van der Waals surface area contributed by atoms with Gasteiger partial charge in [-0.3, -0.25) is 5.43 Å². The molecule has 1 aromatic heterocycles. The van der Waals surface area contributed by atoms with Crippen LogP contribution in [0.1, 0.15) is 0 Å². The van der Waals surface area contributed by atoms with Gasteiger partial charge in [0.1, 0.15) is 0 Å². The minimum atomic E-state index is 0.580. The van der Waals surface area contributed by atoms with Crippen LogP contribution >= 0.6 is 34.5 Å². The molecule has 0 amide bonds. The molecule has 3 nitrogen and oxygen atoms in total. The van der Waals surface area contributed by atoms with E-state index in [1.54, 1.807) is 18.2 Å². The van der Waals surface area contributed by atoms with Gasteiger partial charge in [-0.25, -0.2) is 10.8 Å². The Morgan fingerprint density at radius 1 is 1.27 bits per heavy atom. The Kier molecular flexibility index (Phi) is 3.11. The van der Waals surface area contributed by atoms with E-state index < -0.39 is 0 Å². The average molecular weight is 260 g/mol. The van der Waals surface area contributed by atoms with Crippen LogP contribution in [0.3, 0.4) is 0 Å². The first kappa shape index (κ1) is 10.7. The number of nitrogens with zero attached hydrogens (tertiary/aromatic N) is 1. The average Bonchev–Trinajstić information content (AvgIpc) is 2.66. The van der Waals surface area contributed by atoms with Crippen molar-refractivity contribution in [2.24, 2.45) is 5.84 Å². The summed E-state index contributed by atoms with van der Waals surface area (Å²) in [4.78, 5) is 4.23. The van der Waals surface area contributed by atoms with Crippen molar-refractivity contribution in [3.8, 4) is 11.3 Å². The molecule has 0 radical (unpaired) electrons. The summed E-state index contributed by atoms with van der Waals surface area (Å²) >= 11 is 13.5. The van der Waals surface area contributed by atoms with Crippen LogP contribution in [0.5, 0.6) is 0 Å². The van der Waals surface area contributed by atoms with Crippen LogP contribution in [-0.4, -0.2) is 4.98 Å². The molecule has 2 aromatic rings. The van der Waals surface area contributed by atoms with Gasteiger partial charge in [-0.2, -0.15) is 0 Å². The fraction of sp³-hybridized carbons (Fsp3) is 0. The first-order chi connectivity index (χ1) is 7.22. The molecule has 2 rings (SSSR count). The van der Waals surface area contributed by atoms with Gasteiger partial charge in [-0.1, -0.05) is 29.3 Å². The smallest absolute Gasteiger partial charge is 0.197 e. The molecule has 78 valence electrons. The van der Waals surface area contributed by atoms with Crippen molar-refractivity contribution >= 4 is 39.7 Å². The maximum absolute atomic E-state index is 6.05. The Labute approximate surface area is 101 Å². The molecule has 0 saturated heterocycles. The molecule has 0 spiro atoms. The molecule has 15 heavy (non-hydrogen) atoms. The first-order valence-corrected chi connectivity index (χ1v) is 5.72. The van der Waals surface area contributed by atoms with Gasteiger partial charge >= 0.3 is 0 Å². The molecular formula is C9H7Cl2N3S. The highest BCUT2D eigenvalue weighted by Gasteiger charge is 2.11. The van der Waals surface area contributed by atoms with E-state index in [-0.39, 0.29) is 0 Å². The minimum Gasteiger partial charge on any atom is -0.300 e. The predicted octanol–water partition coefficient (Wildman–Crippen LogP) is 3.40. The van der Waals surface area contributed by atoms with Crippen LogP contribution < -0.4 is 11.3 Å². The Morgan fingerprint density at radius 3 is 2.47 bits per heavy atom. The molecule has 3 N–H and O–H groups in total. The van der Waals surface area contributed by atoms with Crippen LogP contribution in [-0.2, 0) is 0 Å². The lowest BCUT2D eigenvalue weighted by molar-refractivity contribution is 1.29. The van der Waals surface area contributed by atoms with Gasteiger partial charge in [0.25, 0.3) is 0 Å². The van der Waals surface area contributed by atoms with Crippen LogP contribution in [0.25, 0.3) is 11.3 Å². The third-order valence-corrected chi connectivity index (χ3v) is 3.25. The second kappa shape index (κ2) is 4.37. The third-order valence-electron chi connectivity index (χ3n) is 1.85. The lowest BCUT2D eigenvalue weighted by atomic mass is 10.2. The number of nitrogen functional groups attached to an aromatic ring is 1. The van der Waals surface area contributed by atoms with Crippen molar-refractivity contribution in [3.05, 3.63) is 33.6 Å². The number of hydrazine groups is 1. The number of hydrogen-bond donors (Lipinski definition) is 2. The number of halogens is 2. The molecule has 0 aliphatic carbocycles. The fourth-order valence-corrected chi connectivity index (χ4v) is 2.40. The molecule has 1 heterocycles. The van der Waals surface area contributed by atoms with E-state index in [4.69, 9.17) is 29.0 Å². The Bertz CT molecular complexity index is 464. The summed E-state index contributed by atoms with van der Waals surface area (Å²) in [7, 11) is 0. The summed E-state index contributed by atoms with van der Waals surface area (Å²) in [5.41, 5.74) is 3.94.